The Hall–Kier alpha value is -3.31. The second-order valence-corrected chi connectivity index (χ2v) is 9.84. The van der Waals surface area contributed by atoms with Crippen molar-refractivity contribution in [3.8, 4) is 5.75 Å². The summed E-state index contributed by atoms with van der Waals surface area (Å²) in [6.45, 7) is 8.62. The fraction of sp³-hybridized carbons (Fsp3) is 0.355. The fourth-order valence-corrected chi connectivity index (χ4v) is 4.36. The van der Waals surface area contributed by atoms with Crippen LogP contribution in [0.3, 0.4) is 0 Å². The third kappa shape index (κ3) is 8.09. The molecule has 5 nitrogen and oxygen atoms in total. The molecule has 0 fully saturated rings. The lowest BCUT2D eigenvalue weighted by Crippen LogP contribution is -2.52. The molecule has 196 valence electrons. The van der Waals surface area contributed by atoms with E-state index in [1.807, 2.05) is 87.5 Å². The molecule has 0 aromatic heterocycles. The molecule has 2 amide bonds. The number of nitrogens with one attached hydrogen (secondary N) is 1. The van der Waals surface area contributed by atoms with Gasteiger partial charge < -0.3 is 15.0 Å². The quantitative estimate of drug-likeness (QED) is 0.289. The zero-order valence-electron chi connectivity index (χ0n) is 22.2. The Morgan fingerprint density at radius 2 is 1.59 bits per heavy atom. The third-order valence-corrected chi connectivity index (χ3v) is 7.07. The molecule has 1 N–H and O–H groups in total. The van der Waals surface area contributed by atoms with Crippen molar-refractivity contribution in [3.05, 3.63) is 99.6 Å². The maximum atomic E-state index is 13.7. The molecule has 3 rings (SSSR count). The molecule has 3 aromatic carbocycles. The number of unbranched alkanes of at least 4 members (excludes halogenated alkanes) is 1. The van der Waals surface area contributed by atoms with Crippen LogP contribution in [0.25, 0.3) is 0 Å². The number of benzene rings is 3. The number of aryl methyl sites for hydroxylation is 3. The topological polar surface area (TPSA) is 58.6 Å². The molecular weight excluding hydrogens is 484 g/mol. The minimum absolute atomic E-state index is 0.155. The van der Waals surface area contributed by atoms with E-state index in [0.29, 0.717) is 30.3 Å². The van der Waals surface area contributed by atoms with Crippen LogP contribution >= 0.6 is 11.6 Å². The van der Waals surface area contributed by atoms with E-state index in [1.165, 1.54) is 0 Å². The van der Waals surface area contributed by atoms with Crippen LogP contribution in [0.2, 0.25) is 5.02 Å². The van der Waals surface area contributed by atoms with Gasteiger partial charge in [-0.2, -0.15) is 0 Å². The van der Waals surface area contributed by atoms with E-state index in [-0.39, 0.29) is 18.4 Å². The van der Waals surface area contributed by atoms with Crippen molar-refractivity contribution in [3.63, 3.8) is 0 Å². The van der Waals surface area contributed by atoms with Crippen molar-refractivity contribution in [1.82, 2.24) is 10.2 Å². The molecule has 0 saturated carbocycles. The Morgan fingerprint density at radius 3 is 2.24 bits per heavy atom. The second-order valence-electron chi connectivity index (χ2n) is 9.46. The third-order valence-electron chi connectivity index (χ3n) is 6.47. The van der Waals surface area contributed by atoms with E-state index in [0.717, 1.165) is 40.7 Å². The molecule has 0 heterocycles. The summed E-state index contributed by atoms with van der Waals surface area (Å²) in [5, 5.41) is 3.73. The van der Waals surface area contributed by atoms with Crippen molar-refractivity contribution < 1.29 is 14.3 Å². The summed E-state index contributed by atoms with van der Waals surface area (Å²) >= 11 is 6.30. The summed E-state index contributed by atoms with van der Waals surface area (Å²) < 4.78 is 5.93. The first kappa shape index (κ1) is 28.3. The van der Waals surface area contributed by atoms with Crippen molar-refractivity contribution in [2.24, 2.45) is 0 Å². The number of ether oxygens (including phenoxy) is 1. The number of hydrogen-bond donors (Lipinski definition) is 1. The molecule has 0 radical (unpaired) electrons. The molecule has 3 aromatic rings. The molecule has 0 aliphatic carbocycles. The first-order valence-electron chi connectivity index (χ1n) is 12.8. The van der Waals surface area contributed by atoms with Crippen molar-refractivity contribution >= 4 is 23.4 Å². The van der Waals surface area contributed by atoms with E-state index in [1.54, 1.807) is 4.90 Å². The van der Waals surface area contributed by atoms with E-state index < -0.39 is 6.04 Å². The number of hydrogen-bond acceptors (Lipinski definition) is 3. The summed E-state index contributed by atoms with van der Waals surface area (Å²) in [7, 11) is 0. The Kier molecular flexibility index (Phi) is 10.6. The van der Waals surface area contributed by atoms with Gasteiger partial charge in [0.2, 0.25) is 5.91 Å². The Balaban J connectivity index is 1.91. The van der Waals surface area contributed by atoms with Gasteiger partial charge in [-0.05, 0) is 67.1 Å². The predicted molar refractivity (Wildman–Crippen MR) is 150 cm³/mol. The van der Waals surface area contributed by atoms with Gasteiger partial charge in [0.05, 0.1) is 0 Å². The lowest BCUT2D eigenvalue weighted by Gasteiger charge is -2.32. The van der Waals surface area contributed by atoms with Crippen LogP contribution in [0.4, 0.5) is 0 Å². The van der Waals surface area contributed by atoms with Gasteiger partial charge in [-0.1, -0.05) is 79.5 Å². The van der Waals surface area contributed by atoms with Crippen LogP contribution < -0.4 is 10.1 Å². The molecule has 6 heteroatoms. The van der Waals surface area contributed by atoms with E-state index in [4.69, 9.17) is 16.3 Å². The molecule has 0 unspecified atom stereocenters. The maximum absolute atomic E-state index is 13.7. The highest BCUT2D eigenvalue weighted by Crippen LogP contribution is 2.26. The highest BCUT2D eigenvalue weighted by Gasteiger charge is 2.31. The average Bonchev–Trinajstić information content (AvgIpc) is 2.89. The standard InChI is InChI=1S/C31H37ClN2O3/c1-5-6-16-33-31(36)28(19-25-13-8-7-9-14-25)34(20-26-15-11-10-12-22(26)2)29(35)21-37-27-17-23(3)30(32)24(4)18-27/h7-15,17-18,28H,5-6,16,19-21H2,1-4H3,(H,33,36)/t28-/m0/s1. The lowest BCUT2D eigenvalue weighted by molar-refractivity contribution is -0.142. The predicted octanol–water partition coefficient (Wildman–Crippen LogP) is 6.20. The summed E-state index contributed by atoms with van der Waals surface area (Å²) in [6, 6.07) is 20.7. The summed E-state index contributed by atoms with van der Waals surface area (Å²) in [5.74, 6) is 0.174. The van der Waals surface area contributed by atoms with Crippen LogP contribution in [0, 0.1) is 20.8 Å². The molecule has 0 bridgehead atoms. The number of carbonyl (C=O) groups excluding carboxylic acids is 2. The van der Waals surface area contributed by atoms with Gasteiger partial charge >= 0.3 is 0 Å². The van der Waals surface area contributed by atoms with Gasteiger partial charge in [0.1, 0.15) is 11.8 Å². The largest absolute Gasteiger partial charge is 0.484 e. The highest BCUT2D eigenvalue weighted by molar-refractivity contribution is 6.32. The molecular formula is C31H37ClN2O3. The van der Waals surface area contributed by atoms with Gasteiger partial charge in [-0.25, -0.2) is 0 Å². The van der Waals surface area contributed by atoms with Gasteiger partial charge in [-0.3, -0.25) is 9.59 Å². The molecule has 0 saturated heterocycles. The first-order chi connectivity index (χ1) is 17.8. The fourth-order valence-electron chi connectivity index (χ4n) is 4.25. The van der Waals surface area contributed by atoms with Crippen LogP contribution in [0.5, 0.6) is 5.75 Å². The highest BCUT2D eigenvalue weighted by atomic mass is 35.5. The SMILES string of the molecule is CCCCNC(=O)[C@H](Cc1ccccc1)N(Cc1ccccc1C)C(=O)COc1cc(C)c(Cl)c(C)c1. The maximum Gasteiger partial charge on any atom is 0.261 e. The van der Waals surface area contributed by atoms with E-state index >= 15 is 0 Å². The Labute approximate surface area is 225 Å². The summed E-state index contributed by atoms with van der Waals surface area (Å²) in [4.78, 5) is 28.9. The first-order valence-corrected chi connectivity index (χ1v) is 13.2. The van der Waals surface area contributed by atoms with E-state index in [2.05, 4.69) is 12.2 Å². The molecule has 0 aliphatic rings. The van der Waals surface area contributed by atoms with Gasteiger partial charge in [-0.15, -0.1) is 0 Å². The molecule has 0 spiro atoms. The lowest BCUT2D eigenvalue weighted by atomic mass is 10.0. The van der Waals surface area contributed by atoms with E-state index in [9.17, 15) is 9.59 Å². The number of nitrogens with zero attached hydrogens (tertiary/aromatic N) is 1. The summed E-state index contributed by atoms with van der Waals surface area (Å²) in [6.07, 6.45) is 2.27. The Bertz CT molecular complexity index is 1170. The number of halogens is 1. The molecule has 0 aliphatic heterocycles. The van der Waals surface area contributed by atoms with Crippen molar-refractivity contribution in [2.45, 2.75) is 59.5 Å². The number of amides is 2. The zero-order valence-corrected chi connectivity index (χ0v) is 23.0. The minimum Gasteiger partial charge on any atom is -0.484 e. The molecule has 1 atom stereocenters. The van der Waals surface area contributed by atoms with Crippen molar-refractivity contribution in [2.75, 3.05) is 13.2 Å². The van der Waals surface area contributed by atoms with Crippen molar-refractivity contribution in [1.29, 1.82) is 0 Å². The summed E-state index contributed by atoms with van der Waals surface area (Å²) in [5.41, 5.74) is 4.82. The minimum atomic E-state index is -0.677. The normalized spacial score (nSPS) is 11.6. The van der Waals surface area contributed by atoms with Crippen LogP contribution in [0.15, 0.2) is 66.7 Å². The number of carbonyl (C=O) groups is 2. The molecule has 37 heavy (non-hydrogen) atoms. The van der Waals surface area contributed by atoms with Crippen LogP contribution in [-0.4, -0.2) is 35.9 Å². The zero-order chi connectivity index (χ0) is 26.8. The van der Waals surface area contributed by atoms with Crippen LogP contribution in [0.1, 0.15) is 47.6 Å². The van der Waals surface area contributed by atoms with Crippen LogP contribution in [-0.2, 0) is 22.6 Å². The Morgan fingerprint density at radius 1 is 0.946 bits per heavy atom. The average molecular weight is 521 g/mol. The van der Waals surface area contributed by atoms with Gasteiger partial charge in [0, 0.05) is 24.5 Å². The number of rotatable bonds is 12. The van der Waals surface area contributed by atoms with Gasteiger partial charge in [0.15, 0.2) is 6.61 Å². The van der Waals surface area contributed by atoms with Gasteiger partial charge in [0.25, 0.3) is 5.91 Å². The second kappa shape index (κ2) is 13.8. The smallest absolute Gasteiger partial charge is 0.261 e. The monoisotopic (exact) mass is 520 g/mol.